The van der Waals surface area contributed by atoms with E-state index >= 15 is 0 Å². The number of hydrogen-bond acceptors (Lipinski definition) is 4. The molecule has 7 heteroatoms. The summed E-state index contributed by atoms with van der Waals surface area (Å²) in [5.74, 6) is -1.80. The number of amides is 4. The Hall–Kier alpha value is -2.21. The van der Waals surface area contributed by atoms with Gasteiger partial charge in [0.2, 0.25) is 23.6 Å². The maximum atomic E-state index is 12.9. The van der Waals surface area contributed by atoms with Crippen LogP contribution in [0.5, 0.6) is 0 Å². The smallest absolute Gasteiger partial charge is 0.249 e. The highest BCUT2D eigenvalue weighted by Crippen LogP contribution is 2.38. The predicted molar refractivity (Wildman–Crippen MR) is 81.4 cm³/mol. The minimum Gasteiger partial charge on any atom is -0.295 e. The van der Waals surface area contributed by atoms with Gasteiger partial charge in [-0.1, -0.05) is 23.7 Å². The monoisotopic (exact) mass is 334 g/mol. The van der Waals surface area contributed by atoms with E-state index in [0.717, 1.165) is 4.90 Å². The molecular weight excluding hydrogens is 320 g/mol. The molecule has 2 atom stereocenters. The Morgan fingerprint density at radius 3 is 2.43 bits per heavy atom. The Bertz CT molecular complexity index is 715. The van der Waals surface area contributed by atoms with Gasteiger partial charge in [0.15, 0.2) is 0 Å². The third-order valence-electron chi connectivity index (χ3n) is 4.47. The topological polar surface area (TPSA) is 83.6 Å². The molecule has 1 N–H and O–H groups in total. The van der Waals surface area contributed by atoms with Crippen LogP contribution in [0.1, 0.15) is 31.7 Å². The third-order valence-corrected chi connectivity index (χ3v) is 4.72. The molecule has 0 radical (unpaired) electrons. The number of carbonyl (C=O) groups is 4. The summed E-state index contributed by atoms with van der Waals surface area (Å²) >= 11 is 5.86. The standard InChI is InChI=1S/C16H15ClN2O4/c1-16(9-2-4-10(17)5-3-9)8-13(21)19(15(16)23)11-6-7-12(20)18-14(11)22/h2-5,11H,6-8H2,1H3,(H,18,20,22). The van der Waals surface area contributed by atoms with Crippen LogP contribution in [0.25, 0.3) is 0 Å². The van der Waals surface area contributed by atoms with Crippen molar-refractivity contribution in [3.05, 3.63) is 34.9 Å². The van der Waals surface area contributed by atoms with Crippen LogP contribution in [0, 0.1) is 0 Å². The van der Waals surface area contributed by atoms with Gasteiger partial charge >= 0.3 is 0 Å². The van der Waals surface area contributed by atoms with Crippen molar-refractivity contribution in [2.45, 2.75) is 37.6 Å². The van der Waals surface area contributed by atoms with Crippen LogP contribution >= 0.6 is 11.6 Å². The fourth-order valence-corrected chi connectivity index (χ4v) is 3.26. The number of hydrogen-bond donors (Lipinski definition) is 1. The fraction of sp³-hybridized carbons (Fsp3) is 0.375. The predicted octanol–water partition coefficient (Wildman–Crippen LogP) is 1.16. The van der Waals surface area contributed by atoms with E-state index in [1.165, 1.54) is 0 Å². The quantitative estimate of drug-likeness (QED) is 0.823. The molecule has 2 unspecified atom stereocenters. The van der Waals surface area contributed by atoms with Gasteiger partial charge in [-0.3, -0.25) is 29.4 Å². The van der Waals surface area contributed by atoms with Gasteiger partial charge in [0.25, 0.3) is 0 Å². The summed E-state index contributed by atoms with van der Waals surface area (Å²) in [5, 5.41) is 2.72. The van der Waals surface area contributed by atoms with Crippen LogP contribution in [0.15, 0.2) is 24.3 Å². The molecule has 120 valence electrons. The van der Waals surface area contributed by atoms with E-state index in [-0.39, 0.29) is 25.2 Å². The zero-order chi connectivity index (χ0) is 16.8. The SMILES string of the molecule is CC1(c2ccc(Cl)cc2)CC(=O)N(C2CCC(=O)NC2=O)C1=O. The van der Waals surface area contributed by atoms with Gasteiger partial charge in [-0.2, -0.15) is 0 Å². The number of piperidine rings is 1. The number of benzene rings is 1. The Labute approximate surface area is 137 Å². The first-order valence-electron chi connectivity index (χ1n) is 7.29. The Kier molecular flexibility index (Phi) is 3.72. The number of imide groups is 2. The first kappa shape index (κ1) is 15.7. The first-order valence-corrected chi connectivity index (χ1v) is 7.67. The van der Waals surface area contributed by atoms with Crippen LogP contribution in [0.2, 0.25) is 5.02 Å². The average Bonchev–Trinajstić information content (AvgIpc) is 2.71. The molecule has 0 saturated carbocycles. The molecule has 2 fully saturated rings. The van der Waals surface area contributed by atoms with Crippen molar-refractivity contribution in [2.75, 3.05) is 0 Å². The number of rotatable bonds is 2. The molecule has 1 aromatic carbocycles. The summed E-state index contributed by atoms with van der Waals surface area (Å²) in [6.07, 6.45) is 0.273. The molecule has 0 spiro atoms. The van der Waals surface area contributed by atoms with Crippen molar-refractivity contribution in [3.8, 4) is 0 Å². The molecule has 2 saturated heterocycles. The van der Waals surface area contributed by atoms with Gasteiger partial charge in [-0.05, 0) is 31.0 Å². The summed E-state index contributed by atoms with van der Waals surface area (Å²) in [5.41, 5.74) is -0.348. The van der Waals surface area contributed by atoms with Crippen molar-refractivity contribution in [3.63, 3.8) is 0 Å². The van der Waals surface area contributed by atoms with Crippen LogP contribution in [0.4, 0.5) is 0 Å². The Balaban J connectivity index is 1.92. The molecule has 2 aliphatic heterocycles. The van der Waals surface area contributed by atoms with E-state index < -0.39 is 29.2 Å². The average molecular weight is 335 g/mol. The van der Waals surface area contributed by atoms with Crippen LogP contribution in [-0.2, 0) is 24.6 Å². The van der Waals surface area contributed by atoms with Crippen LogP contribution in [-0.4, -0.2) is 34.6 Å². The number of carbonyl (C=O) groups excluding carboxylic acids is 4. The lowest BCUT2D eigenvalue weighted by Gasteiger charge is -2.30. The van der Waals surface area contributed by atoms with Crippen molar-refractivity contribution < 1.29 is 19.2 Å². The summed E-state index contributed by atoms with van der Waals surface area (Å²) in [4.78, 5) is 49.5. The van der Waals surface area contributed by atoms with Gasteiger partial charge < -0.3 is 0 Å². The molecule has 2 aliphatic rings. The van der Waals surface area contributed by atoms with E-state index in [2.05, 4.69) is 5.32 Å². The van der Waals surface area contributed by atoms with Crippen LogP contribution < -0.4 is 5.32 Å². The second-order valence-corrected chi connectivity index (χ2v) is 6.49. The molecule has 23 heavy (non-hydrogen) atoms. The molecule has 6 nitrogen and oxygen atoms in total. The summed E-state index contributed by atoms with van der Waals surface area (Å²) in [6, 6.07) is 5.83. The minimum absolute atomic E-state index is 0.00874. The zero-order valence-corrected chi connectivity index (χ0v) is 13.2. The number of nitrogens with zero attached hydrogens (tertiary/aromatic N) is 1. The number of halogens is 1. The maximum absolute atomic E-state index is 12.9. The lowest BCUT2D eigenvalue weighted by molar-refractivity contribution is -0.151. The molecule has 1 aromatic rings. The van der Waals surface area contributed by atoms with Gasteiger partial charge in [0.05, 0.1) is 5.41 Å². The van der Waals surface area contributed by atoms with Gasteiger partial charge in [-0.15, -0.1) is 0 Å². The molecule has 0 aliphatic carbocycles. The molecule has 3 rings (SSSR count). The third kappa shape index (κ3) is 2.53. The minimum atomic E-state index is -1.02. The van der Waals surface area contributed by atoms with Crippen molar-refractivity contribution >= 4 is 35.2 Å². The highest BCUT2D eigenvalue weighted by molar-refractivity contribution is 6.30. The maximum Gasteiger partial charge on any atom is 0.249 e. The van der Waals surface area contributed by atoms with Crippen LogP contribution in [0.3, 0.4) is 0 Å². The molecule has 4 amide bonds. The second kappa shape index (κ2) is 5.45. The largest absolute Gasteiger partial charge is 0.295 e. The van der Waals surface area contributed by atoms with E-state index in [1.807, 2.05) is 0 Å². The molecule has 0 bridgehead atoms. The molecule has 2 heterocycles. The van der Waals surface area contributed by atoms with Crippen molar-refractivity contribution in [1.82, 2.24) is 10.2 Å². The number of nitrogens with one attached hydrogen (secondary N) is 1. The second-order valence-electron chi connectivity index (χ2n) is 6.05. The van der Waals surface area contributed by atoms with E-state index in [4.69, 9.17) is 11.6 Å². The zero-order valence-electron chi connectivity index (χ0n) is 12.5. The lowest BCUT2D eigenvalue weighted by atomic mass is 9.81. The fourth-order valence-electron chi connectivity index (χ4n) is 3.13. The van der Waals surface area contributed by atoms with E-state index in [0.29, 0.717) is 10.6 Å². The Morgan fingerprint density at radius 1 is 1.17 bits per heavy atom. The summed E-state index contributed by atoms with van der Waals surface area (Å²) in [7, 11) is 0. The highest BCUT2D eigenvalue weighted by atomic mass is 35.5. The van der Waals surface area contributed by atoms with Crippen molar-refractivity contribution in [1.29, 1.82) is 0 Å². The Morgan fingerprint density at radius 2 is 1.83 bits per heavy atom. The molecular formula is C16H15ClN2O4. The normalized spacial score (nSPS) is 28.3. The van der Waals surface area contributed by atoms with Gasteiger partial charge in [0, 0.05) is 17.9 Å². The summed E-state index contributed by atoms with van der Waals surface area (Å²) < 4.78 is 0. The first-order chi connectivity index (χ1) is 10.8. The summed E-state index contributed by atoms with van der Waals surface area (Å²) in [6.45, 7) is 1.68. The van der Waals surface area contributed by atoms with E-state index in [9.17, 15) is 19.2 Å². The van der Waals surface area contributed by atoms with Gasteiger partial charge in [0.1, 0.15) is 6.04 Å². The van der Waals surface area contributed by atoms with Gasteiger partial charge in [-0.25, -0.2) is 0 Å². The molecule has 0 aromatic heterocycles. The number of likely N-dealkylation sites (tertiary alicyclic amines) is 1. The van der Waals surface area contributed by atoms with Crippen molar-refractivity contribution in [2.24, 2.45) is 0 Å². The lowest BCUT2D eigenvalue weighted by Crippen LogP contribution is -2.55. The highest BCUT2D eigenvalue weighted by Gasteiger charge is 2.53. The van der Waals surface area contributed by atoms with E-state index in [1.54, 1.807) is 31.2 Å².